The minimum atomic E-state index is -1.76. The van der Waals surface area contributed by atoms with Crippen LogP contribution in [0.1, 0.15) is 51.2 Å². The molecule has 3 atom stereocenters. The Bertz CT molecular complexity index is 1450. The summed E-state index contributed by atoms with van der Waals surface area (Å²) in [6.45, 7) is 9.95. The van der Waals surface area contributed by atoms with Crippen molar-refractivity contribution in [3.05, 3.63) is 47.5 Å². The van der Waals surface area contributed by atoms with Gasteiger partial charge in [0.1, 0.15) is 19.8 Å². The van der Waals surface area contributed by atoms with Crippen molar-refractivity contribution in [3.63, 3.8) is 0 Å². The van der Waals surface area contributed by atoms with E-state index in [0.717, 1.165) is 4.90 Å². The maximum atomic E-state index is 14.1. The Balaban J connectivity index is 1.34. The summed E-state index contributed by atoms with van der Waals surface area (Å²) in [5.74, 6) is -0.458. The number of carbonyl (C=O) groups excluding carboxylic acids is 3. The molecule has 2 N–H and O–H groups in total. The third-order valence-corrected chi connectivity index (χ3v) is 9.17. The molecule has 5 rings (SSSR count). The first-order chi connectivity index (χ1) is 22.4. The van der Waals surface area contributed by atoms with Gasteiger partial charge in [0.15, 0.2) is 11.5 Å². The fraction of sp³-hybridized carbons (Fsp3) is 0.559. The summed E-state index contributed by atoms with van der Waals surface area (Å²) in [5, 5.41) is 19.5. The quantitative estimate of drug-likeness (QED) is 0.278. The van der Waals surface area contributed by atoms with E-state index >= 15 is 0 Å². The van der Waals surface area contributed by atoms with Gasteiger partial charge in [-0.2, -0.15) is 0 Å². The van der Waals surface area contributed by atoms with Gasteiger partial charge in [-0.1, -0.05) is 38.1 Å². The Morgan fingerprint density at radius 1 is 0.830 bits per heavy atom. The highest BCUT2D eigenvalue weighted by Crippen LogP contribution is 2.59. The van der Waals surface area contributed by atoms with Crippen LogP contribution < -0.4 is 19.8 Å². The molecule has 1 saturated carbocycles. The van der Waals surface area contributed by atoms with Gasteiger partial charge in [0.25, 0.3) is 0 Å². The van der Waals surface area contributed by atoms with Gasteiger partial charge < -0.3 is 38.5 Å². The summed E-state index contributed by atoms with van der Waals surface area (Å²) >= 11 is 0. The van der Waals surface area contributed by atoms with Gasteiger partial charge in [0, 0.05) is 16.4 Å². The van der Waals surface area contributed by atoms with Crippen molar-refractivity contribution in [3.8, 4) is 11.5 Å². The molecular formula is C34H44BNO11. The number of hydrogen-bond acceptors (Lipinski definition) is 11. The van der Waals surface area contributed by atoms with E-state index in [-0.39, 0.29) is 44.5 Å². The molecule has 2 amide bonds. The molecule has 254 valence electrons. The van der Waals surface area contributed by atoms with Crippen molar-refractivity contribution in [2.45, 2.75) is 53.6 Å². The fourth-order valence-electron chi connectivity index (χ4n) is 7.32. The number of nitrogens with zero attached hydrogens (tertiary/aromatic N) is 1. The van der Waals surface area contributed by atoms with Crippen molar-refractivity contribution >= 4 is 36.1 Å². The monoisotopic (exact) mass is 653 g/mol. The van der Waals surface area contributed by atoms with E-state index in [9.17, 15) is 24.4 Å². The van der Waals surface area contributed by atoms with E-state index in [1.165, 1.54) is 12.1 Å². The molecule has 2 aliphatic heterocycles. The number of rotatable bonds is 5. The standard InChI is InChI=1S/C34H44BNO11/c1-23-8-9-25(35(40)41)18-26(23)36-29(37)32(2)20-33(3,30(36)38)22-34(4,21-32)31(39)47-19-24-6-5-7-27-28(24)46-17-15-44-13-11-42-10-12-43-14-16-45-27/h5-9,18,40-41H,10-17,19-22H2,1-4H3/t32-,33+,34?. The zero-order valence-corrected chi connectivity index (χ0v) is 27.5. The third kappa shape index (κ3) is 7.49. The predicted molar refractivity (Wildman–Crippen MR) is 171 cm³/mol. The maximum Gasteiger partial charge on any atom is 0.488 e. The van der Waals surface area contributed by atoms with Gasteiger partial charge >= 0.3 is 13.1 Å². The van der Waals surface area contributed by atoms with Crippen molar-refractivity contribution < 1.29 is 52.9 Å². The van der Waals surface area contributed by atoms with E-state index in [0.29, 0.717) is 68.0 Å². The number of aryl methyl sites for hydroxylation is 1. The second-order valence-corrected chi connectivity index (χ2v) is 13.4. The third-order valence-electron chi connectivity index (χ3n) is 9.17. The first-order valence-corrected chi connectivity index (χ1v) is 16.0. The number of para-hydroxylation sites is 1. The molecule has 13 heteroatoms. The molecule has 0 radical (unpaired) electrons. The number of carbonyl (C=O) groups is 3. The Hall–Kier alpha value is -3.49. The van der Waals surface area contributed by atoms with Gasteiger partial charge in [-0.15, -0.1) is 0 Å². The molecule has 3 aliphatic rings. The zero-order valence-electron chi connectivity index (χ0n) is 27.5. The summed E-state index contributed by atoms with van der Waals surface area (Å²) < 4.78 is 34.5. The molecule has 1 saturated heterocycles. The number of anilines is 1. The molecule has 0 spiro atoms. The Morgan fingerprint density at radius 2 is 1.40 bits per heavy atom. The lowest BCUT2D eigenvalue weighted by atomic mass is 9.51. The minimum absolute atomic E-state index is 0.108. The van der Waals surface area contributed by atoms with Gasteiger partial charge in [-0.3, -0.25) is 14.4 Å². The zero-order chi connectivity index (χ0) is 33.8. The highest BCUT2D eigenvalue weighted by atomic mass is 16.6. The van der Waals surface area contributed by atoms with Crippen LogP contribution in [0.15, 0.2) is 36.4 Å². The molecule has 2 bridgehead atoms. The molecule has 2 aromatic rings. The molecule has 47 heavy (non-hydrogen) atoms. The number of piperidine rings is 1. The SMILES string of the molecule is Cc1ccc(B(O)O)cc1N1C(=O)[C@@]2(C)CC(C)(C(=O)OCc3cccc4c3OCCOCCOCCOCCO4)C[C@](C)(C2)C1=O. The van der Waals surface area contributed by atoms with E-state index < -0.39 is 41.1 Å². The van der Waals surface area contributed by atoms with E-state index in [1.807, 2.05) is 0 Å². The maximum absolute atomic E-state index is 14.1. The molecule has 0 aromatic heterocycles. The van der Waals surface area contributed by atoms with Gasteiger partial charge in [0.2, 0.25) is 11.8 Å². The molecule has 2 heterocycles. The van der Waals surface area contributed by atoms with Crippen molar-refractivity contribution in [2.75, 3.05) is 57.8 Å². The minimum Gasteiger partial charge on any atom is -0.487 e. The fourth-order valence-corrected chi connectivity index (χ4v) is 7.32. The van der Waals surface area contributed by atoms with Crippen LogP contribution in [0.25, 0.3) is 0 Å². The summed E-state index contributed by atoms with van der Waals surface area (Å²) in [5.41, 5.74) is -1.52. The van der Waals surface area contributed by atoms with Crippen LogP contribution in [0.4, 0.5) is 5.69 Å². The van der Waals surface area contributed by atoms with Crippen molar-refractivity contribution in [2.24, 2.45) is 16.2 Å². The predicted octanol–water partition coefficient (Wildman–Crippen LogP) is 2.32. The van der Waals surface area contributed by atoms with Crippen LogP contribution in [0.5, 0.6) is 11.5 Å². The highest BCUT2D eigenvalue weighted by molar-refractivity contribution is 6.58. The smallest absolute Gasteiger partial charge is 0.487 e. The average Bonchev–Trinajstić information content (AvgIpc) is 3.03. The summed E-state index contributed by atoms with van der Waals surface area (Å²) in [7, 11) is -1.76. The van der Waals surface area contributed by atoms with Crippen LogP contribution in [-0.2, 0) is 39.9 Å². The molecule has 2 fully saturated rings. The van der Waals surface area contributed by atoms with Crippen LogP contribution in [0.2, 0.25) is 0 Å². The number of benzene rings is 2. The Kier molecular flexibility index (Phi) is 10.6. The highest BCUT2D eigenvalue weighted by Gasteiger charge is 2.64. The first-order valence-electron chi connectivity index (χ1n) is 16.0. The number of fused-ring (bicyclic) bond motifs is 3. The summed E-state index contributed by atoms with van der Waals surface area (Å²) in [6, 6.07) is 10.00. The van der Waals surface area contributed by atoms with E-state index in [1.54, 1.807) is 52.0 Å². The summed E-state index contributed by atoms with van der Waals surface area (Å²) in [4.78, 5) is 43.2. The van der Waals surface area contributed by atoms with Gasteiger partial charge in [-0.05, 0) is 56.3 Å². The van der Waals surface area contributed by atoms with Crippen LogP contribution in [-0.4, -0.2) is 87.8 Å². The number of esters is 1. The number of amides is 2. The molecule has 1 aliphatic carbocycles. The topological polar surface area (TPSA) is 150 Å². The second kappa shape index (κ2) is 14.3. The average molecular weight is 654 g/mol. The van der Waals surface area contributed by atoms with Crippen LogP contribution in [0, 0.1) is 23.2 Å². The molecule has 1 unspecified atom stereocenters. The number of hydrogen-bond donors (Lipinski definition) is 2. The second-order valence-electron chi connectivity index (χ2n) is 13.4. The van der Waals surface area contributed by atoms with Gasteiger partial charge in [-0.25, -0.2) is 4.90 Å². The van der Waals surface area contributed by atoms with E-state index in [4.69, 9.17) is 28.4 Å². The Morgan fingerprint density at radius 3 is 2.00 bits per heavy atom. The summed E-state index contributed by atoms with van der Waals surface area (Å²) in [6.07, 6.45) is 0.631. The Labute approximate surface area is 275 Å². The lowest BCUT2D eigenvalue weighted by Gasteiger charge is -2.55. The molecule has 2 aromatic carbocycles. The largest absolute Gasteiger partial charge is 0.488 e. The number of imide groups is 1. The van der Waals surface area contributed by atoms with Gasteiger partial charge in [0.05, 0.1) is 50.7 Å². The molecule has 12 nitrogen and oxygen atoms in total. The van der Waals surface area contributed by atoms with Crippen molar-refractivity contribution in [1.82, 2.24) is 0 Å². The first kappa shape index (κ1) is 34.8. The lowest BCUT2D eigenvalue weighted by Crippen LogP contribution is -2.64. The molecular weight excluding hydrogens is 609 g/mol. The van der Waals surface area contributed by atoms with E-state index in [2.05, 4.69) is 0 Å². The number of ether oxygens (including phenoxy) is 6. The van der Waals surface area contributed by atoms with Crippen LogP contribution >= 0.6 is 0 Å². The van der Waals surface area contributed by atoms with Crippen molar-refractivity contribution in [1.29, 1.82) is 0 Å². The van der Waals surface area contributed by atoms with Crippen LogP contribution in [0.3, 0.4) is 0 Å². The lowest BCUT2D eigenvalue weighted by molar-refractivity contribution is -0.173. The normalized spacial score (nSPS) is 27.4.